The number of urea groups is 1. The molecule has 11 nitrogen and oxygen atoms in total. The van der Waals surface area contributed by atoms with Crippen LogP contribution < -0.4 is 20.3 Å². The van der Waals surface area contributed by atoms with Gasteiger partial charge < -0.3 is 25.0 Å². The van der Waals surface area contributed by atoms with E-state index in [9.17, 15) is 4.79 Å². The molecular weight excluding hydrogens is 520 g/mol. The summed E-state index contributed by atoms with van der Waals surface area (Å²) in [6.45, 7) is 5.75. The summed E-state index contributed by atoms with van der Waals surface area (Å²) < 4.78 is 13.1. The molecule has 11 heteroatoms. The fraction of sp³-hybridized carbons (Fsp3) is 0.400. The van der Waals surface area contributed by atoms with Crippen LogP contribution in [0.5, 0.6) is 5.75 Å². The Balaban J connectivity index is 1.26. The summed E-state index contributed by atoms with van der Waals surface area (Å²) >= 11 is 0. The van der Waals surface area contributed by atoms with Crippen LogP contribution in [0.2, 0.25) is 0 Å². The van der Waals surface area contributed by atoms with E-state index in [0.717, 1.165) is 73.7 Å². The average Bonchev–Trinajstić information content (AvgIpc) is 3.46. The van der Waals surface area contributed by atoms with Crippen molar-refractivity contribution in [1.82, 2.24) is 30.0 Å². The van der Waals surface area contributed by atoms with Crippen LogP contribution in [0.4, 0.5) is 16.3 Å². The first-order valence-corrected chi connectivity index (χ1v) is 14.1. The van der Waals surface area contributed by atoms with Crippen molar-refractivity contribution in [2.75, 3.05) is 63.8 Å². The van der Waals surface area contributed by atoms with E-state index in [1.807, 2.05) is 42.6 Å². The normalized spacial score (nSPS) is 16.6. The maximum absolute atomic E-state index is 11.7. The third kappa shape index (κ3) is 5.96. The van der Waals surface area contributed by atoms with E-state index in [4.69, 9.17) is 24.5 Å². The van der Waals surface area contributed by atoms with Crippen molar-refractivity contribution < 1.29 is 14.3 Å². The van der Waals surface area contributed by atoms with Crippen LogP contribution in [0.3, 0.4) is 0 Å². The number of fused-ring (bicyclic) bond motifs is 1. The van der Waals surface area contributed by atoms with Crippen LogP contribution in [0.1, 0.15) is 24.4 Å². The molecule has 2 fully saturated rings. The van der Waals surface area contributed by atoms with E-state index < -0.39 is 0 Å². The lowest BCUT2D eigenvalue weighted by Gasteiger charge is -2.32. The molecule has 2 saturated heterocycles. The van der Waals surface area contributed by atoms with Crippen LogP contribution in [0, 0.1) is 0 Å². The predicted molar refractivity (Wildman–Crippen MR) is 158 cm³/mol. The topological polar surface area (TPSA) is 110 Å². The van der Waals surface area contributed by atoms with E-state index in [-0.39, 0.29) is 12.1 Å². The van der Waals surface area contributed by atoms with Gasteiger partial charge in [-0.3, -0.25) is 4.90 Å². The number of anilines is 2. The zero-order chi connectivity index (χ0) is 28.2. The minimum absolute atomic E-state index is 0.258. The number of hydrogen-bond donors (Lipinski definition) is 2. The zero-order valence-electron chi connectivity index (χ0n) is 23.5. The number of piperidine rings is 1. The minimum atomic E-state index is -0.261. The predicted octanol–water partition coefficient (Wildman–Crippen LogP) is 3.93. The van der Waals surface area contributed by atoms with Crippen molar-refractivity contribution in [3.63, 3.8) is 0 Å². The molecule has 4 heterocycles. The number of nitrogens with zero attached hydrogens (tertiary/aromatic N) is 6. The Bertz CT molecular complexity index is 1490. The van der Waals surface area contributed by atoms with Crippen molar-refractivity contribution in [1.29, 1.82) is 0 Å². The Labute approximate surface area is 239 Å². The lowest BCUT2D eigenvalue weighted by Crippen LogP contribution is -2.37. The fourth-order valence-electron chi connectivity index (χ4n) is 5.57. The van der Waals surface area contributed by atoms with Crippen molar-refractivity contribution in [2.24, 2.45) is 0 Å². The third-order valence-electron chi connectivity index (χ3n) is 7.82. The van der Waals surface area contributed by atoms with Crippen molar-refractivity contribution >= 4 is 28.6 Å². The van der Waals surface area contributed by atoms with Gasteiger partial charge in [-0.25, -0.2) is 19.4 Å². The smallest absolute Gasteiger partial charge is 0.318 e. The van der Waals surface area contributed by atoms with Gasteiger partial charge in [0.25, 0.3) is 0 Å². The number of carbonyl (C=O) groups excluding carboxylic acids is 1. The molecule has 41 heavy (non-hydrogen) atoms. The van der Waals surface area contributed by atoms with Gasteiger partial charge in [0.1, 0.15) is 11.6 Å². The Morgan fingerprint density at radius 3 is 2.56 bits per heavy atom. The van der Waals surface area contributed by atoms with Crippen LogP contribution in [0.15, 0.2) is 54.7 Å². The summed E-state index contributed by atoms with van der Waals surface area (Å²) in [5, 5.41) is 11.2. The zero-order valence-corrected chi connectivity index (χ0v) is 23.5. The number of ether oxygens (including phenoxy) is 2. The monoisotopic (exact) mass is 556 g/mol. The molecule has 0 atom stereocenters. The highest BCUT2D eigenvalue weighted by Gasteiger charge is 2.26. The largest absolute Gasteiger partial charge is 0.497 e. The maximum Gasteiger partial charge on any atom is 0.318 e. The molecule has 2 aromatic heterocycles. The van der Waals surface area contributed by atoms with Gasteiger partial charge in [0.15, 0.2) is 11.5 Å². The molecule has 2 amide bonds. The minimum Gasteiger partial charge on any atom is -0.497 e. The number of methoxy groups -OCH3 is 1. The van der Waals surface area contributed by atoms with Gasteiger partial charge in [-0.15, -0.1) is 0 Å². The lowest BCUT2D eigenvalue weighted by atomic mass is 10.0. The first-order valence-electron chi connectivity index (χ1n) is 14.1. The number of carbonyl (C=O) groups is 1. The van der Waals surface area contributed by atoms with E-state index >= 15 is 0 Å². The number of likely N-dealkylation sites (tertiary alicyclic amines) is 1. The van der Waals surface area contributed by atoms with Crippen LogP contribution in [-0.4, -0.2) is 84.2 Å². The summed E-state index contributed by atoms with van der Waals surface area (Å²) in [7, 11) is 3.30. The van der Waals surface area contributed by atoms with Crippen molar-refractivity contribution in [3.05, 3.63) is 60.3 Å². The molecule has 2 N–H and O–H groups in total. The number of rotatable bonds is 7. The van der Waals surface area contributed by atoms with Gasteiger partial charge >= 0.3 is 6.03 Å². The molecule has 0 aliphatic carbocycles. The molecule has 0 bridgehead atoms. The number of hydrogen-bond acceptors (Lipinski definition) is 8. The molecule has 0 unspecified atom stereocenters. The van der Waals surface area contributed by atoms with Crippen LogP contribution >= 0.6 is 0 Å². The quantitative estimate of drug-likeness (QED) is 0.353. The van der Waals surface area contributed by atoms with E-state index in [1.165, 1.54) is 5.56 Å². The van der Waals surface area contributed by atoms with Crippen molar-refractivity contribution in [3.8, 4) is 17.1 Å². The number of benzene rings is 2. The highest BCUT2D eigenvalue weighted by molar-refractivity contribution is 5.90. The summed E-state index contributed by atoms with van der Waals surface area (Å²) in [5.41, 5.74) is 3.70. The van der Waals surface area contributed by atoms with Gasteiger partial charge in [-0.1, -0.05) is 12.1 Å². The molecule has 4 aromatic rings. The second kappa shape index (κ2) is 12.1. The first-order chi connectivity index (χ1) is 20.1. The van der Waals surface area contributed by atoms with Crippen LogP contribution in [0.25, 0.3) is 22.4 Å². The second-order valence-electron chi connectivity index (χ2n) is 10.4. The number of amides is 2. The number of nitrogens with one attached hydrogen (secondary N) is 2. The Morgan fingerprint density at radius 2 is 1.83 bits per heavy atom. The van der Waals surface area contributed by atoms with Crippen LogP contribution in [-0.2, 0) is 11.3 Å². The molecule has 0 saturated carbocycles. The lowest BCUT2D eigenvalue weighted by molar-refractivity contribution is 0.122. The molecule has 0 spiro atoms. The summed E-state index contributed by atoms with van der Waals surface area (Å²) in [6.07, 6.45) is 3.91. The highest BCUT2D eigenvalue weighted by Crippen LogP contribution is 2.32. The third-order valence-corrected chi connectivity index (χ3v) is 7.82. The first kappa shape index (κ1) is 27.0. The Hall–Kier alpha value is -4.22. The summed E-state index contributed by atoms with van der Waals surface area (Å²) in [6, 6.07) is 15.9. The molecule has 214 valence electrons. The highest BCUT2D eigenvalue weighted by atomic mass is 16.5. The summed E-state index contributed by atoms with van der Waals surface area (Å²) in [4.78, 5) is 26.5. The molecule has 2 aromatic carbocycles. The SMILES string of the molecule is CNC(=O)Nc1ccc(-c2nc(N3CCOCC3)c3cnn(C4CCN(Cc5cccc(OC)c5)CC4)c3n2)cc1. The Kier molecular flexibility index (Phi) is 7.97. The Morgan fingerprint density at radius 1 is 1.05 bits per heavy atom. The maximum atomic E-state index is 11.7. The molecule has 6 rings (SSSR count). The van der Waals surface area contributed by atoms with E-state index in [0.29, 0.717) is 24.7 Å². The molecular formula is C30H36N8O3. The van der Waals surface area contributed by atoms with Gasteiger partial charge in [0.05, 0.1) is 37.9 Å². The van der Waals surface area contributed by atoms with E-state index in [1.54, 1.807) is 14.2 Å². The van der Waals surface area contributed by atoms with Gasteiger partial charge in [0, 0.05) is 51.0 Å². The molecule has 0 radical (unpaired) electrons. The average molecular weight is 557 g/mol. The van der Waals surface area contributed by atoms with E-state index in [2.05, 4.69) is 37.2 Å². The molecule has 2 aliphatic rings. The number of morpholine rings is 1. The van der Waals surface area contributed by atoms with Gasteiger partial charge in [-0.05, 0) is 54.8 Å². The fourth-order valence-corrected chi connectivity index (χ4v) is 5.57. The second-order valence-corrected chi connectivity index (χ2v) is 10.4. The van der Waals surface area contributed by atoms with Gasteiger partial charge in [0.2, 0.25) is 0 Å². The van der Waals surface area contributed by atoms with Gasteiger partial charge in [-0.2, -0.15) is 5.10 Å². The number of aromatic nitrogens is 4. The molecule has 2 aliphatic heterocycles. The van der Waals surface area contributed by atoms with Crippen molar-refractivity contribution in [2.45, 2.75) is 25.4 Å². The standard InChI is InChI=1S/C30H36N8O3/c1-31-30(39)33-23-8-6-22(7-9-23)27-34-28(37-14-16-41-17-15-37)26-19-32-38(29(26)35-27)24-10-12-36(13-11-24)20-21-4-3-5-25(18-21)40-2/h3-9,18-19,24H,10-17,20H2,1-2H3,(H2,31,33,39). The summed E-state index contributed by atoms with van der Waals surface area (Å²) in [5.74, 6) is 2.43.